The number of rotatable bonds is 2. The van der Waals surface area contributed by atoms with Crippen molar-refractivity contribution < 1.29 is 9.84 Å². The van der Waals surface area contributed by atoms with Crippen LogP contribution in [0.15, 0.2) is 102 Å². The summed E-state index contributed by atoms with van der Waals surface area (Å²) in [6, 6.07) is 30.5. The average molecular weight is 469 g/mol. The first kappa shape index (κ1) is 20.3. The Morgan fingerprint density at radius 2 is 1.57 bits per heavy atom. The molecule has 0 bridgehead atoms. The zero-order valence-corrected chi connectivity index (χ0v) is 19.5. The van der Waals surface area contributed by atoms with Gasteiger partial charge in [-0.05, 0) is 34.0 Å². The lowest BCUT2D eigenvalue weighted by atomic mass is 9.82. The molecule has 35 heavy (non-hydrogen) atoms. The Hall–Kier alpha value is -4.10. The Labute approximate surface area is 207 Å². The van der Waals surface area contributed by atoms with Crippen molar-refractivity contribution in [3.8, 4) is 29.2 Å². The molecule has 4 aromatic carbocycles. The van der Waals surface area contributed by atoms with Crippen LogP contribution in [0.2, 0.25) is 0 Å². The summed E-state index contributed by atoms with van der Waals surface area (Å²) in [4.78, 5) is 1.09. The second-order valence-corrected chi connectivity index (χ2v) is 9.90. The van der Waals surface area contributed by atoms with Crippen LogP contribution in [0.1, 0.15) is 27.1 Å². The van der Waals surface area contributed by atoms with Crippen molar-refractivity contribution >= 4 is 28.2 Å². The molecule has 1 aliphatic carbocycles. The summed E-state index contributed by atoms with van der Waals surface area (Å²) in [5, 5.41) is 16.0. The zero-order chi connectivity index (χ0) is 23.6. The fraction of sp³-hybridized carbons (Fsp3) is 0.0625. The van der Waals surface area contributed by atoms with Gasteiger partial charge in [0.05, 0.1) is 4.88 Å². The van der Waals surface area contributed by atoms with Crippen molar-refractivity contribution in [2.75, 3.05) is 0 Å². The highest BCUT2D eigenvalue weighted by Gasteiger charge is 2.47. The van der Waals surface area contributed by atoms with Gasteiger partial charge in [0.1, 0.15) is 5.75 Å². The lowest BCUT2D eigenvalue weighted by Crippen LogP contribution is -2.34. The van der Waals surface area contributed by atoms with E-state index in [2.05, 4.69) is 53.8 Å². The highest BCUT2D eigenvalue weighted by Crippen LogP contribution is 2.57. The maximum absolute atomic E-state index is 11.9. The summed E-state index contributed by atoms with van der Waals surface area (Å²) in [5.41, 5.74) is 2.97. The third kappa shape index (κ3) is 2.58. The monoisotopic (exact) mass is 468 g/mol. The number of hydrogen-bond acceptors (Lipinski definition) is 3. The Balaban J connectivity index is 1.60. The standard InChI is InChI=1S/C32H20O2S/c1-2-31(33)26-16-9-8-15-24(26)28-22-13-6-7-14-23(22)30-25(29(28)31)18-19-32(34-30,27-17-10-20-35-27)21-11-4-3-5-12-21/h1,3-20,33H. The second kappa shape index (κ2) is 7.20. The molecule has 0 saturated heterocycles. The summed E-state index contributed by atoms with van der Waals surface area (Å²) in [6.07, 6.45) is 10.2. The molecule has 1 N–H and O–H groups in total. The smallest absolute Gasteiger partial charge is 0.187 e. The Bertz CT molecular complexity index is 1690. The molecular formula is C32H20O2S. The molecule has 0 amide bonds. The van der Waals surface area contributed by atoms with Gasteiger partial charge in [-0.1, -0.05) is 96.9 Å². The first-order valence-corrected chi connectivity index (χ1v) is 12.4. The van der Waals surface area contributed by atoms with E-state index in [1.54, 1.807) is 11.3 Å². The Morgan fingerprint density at radius 3 is 2.34 bits per heavy atom. The van der Waals surface area contributed by atoms with Gasteiger partial charge in [0.15, 0.2) is 11.2 Å². The van der Waals surface area contributed by atoms with Gasteiger partial charge in [0, 0.05) is 27.6 Å². The van der Waals surface area contributed by atoms with Crippen molar-refractivity contribution in [2.45, 2.75) is 11.2 Å². The molecule has 0 fully saturated rings. The SMILES string of the molecule is C#CC1(O)c2ccccc2-c2c1c1c(c3ccccc23)OC(c2ccccc2)(c2cccs2)C=C1. The number of terminal acetylenes is 1. The number of fused-ring (bicyclic) bond motifs is 8. The van der Waals surface area contributed by atoms with E-state index in [9.17, 15) is 5.11 Å². The van der Waals surface area contributed by atoms with Crippen LogP contribution in [0.5, 0.6) is 5.75 Å². The van der Waals surface area contributed by atoms with Crippen LogP contribution >= 0.6 is 11.3 Å². The van der Waals surface area contributed by atoms with Gasteiger partial charge < -0.3 is 9.84 Å². The molecule has 1 aromatic heterocycles. The van der Waals surface area contributed by atoms with E-state index >= 15 is 0 Å². The van der Waals surface area contributed by atoms with Gasteiger partial charge in [0.25, 0.3) is 0 Å². The largest absolute Gasteiger partial charge is 0.471 e. The van der Waals surface area contributed by atoms with E-state index in [4.69, 9.17) is 11.2 Å². The fourth-order valence-electron chi connectivity index (χ4n) is 5.65. The van der Waals surface area contributed by atoms with Gasteiger partial charge in [-0.2, -0.15) is 0 Å². The molecular weight excluding hydrogens is 448 g/mol. The molecule has 2 aliphatic rings. The van der Waals surface area contributed by atoms with Crippen molar-refractivity contribution in [3.63, 3.8) is 0 Å². The first-order valence-electron chi connectivity index (χ1n) is 11.5. The highest BCUT2D eigenvalue weighted by atomic mass is 32.1. The van der Waals surface area contributed by atoms with Crippen LogP contribution < -0.4 is 4.74 Å². The Morgan fingerprint density at radius 1 is 0.829 bits per heavy atom. The van der Waals surface area contributed by atoms with Crippen molar-refractivity contribution in [1.29, 1.82) is 0 Å². The lowest BCUT2D eigenvalue weighted by molar-refractivity contribution is 0.145. The summed E-state index contributed by atoms with van der Waals surface area (Å²) in [7, 11) is 0. The maximum Gasteiger partial charge on any atom is 0.187 e. The predicted octanol–water partition coefficient (Wildman–Crippen LogP) is 7.10. The Kier molecular flexibility index (Phi) is 4.17. The van der Waals surface area contributed by atoms with Gasteiger partial charge >= 0.3 is 0 Å². The molecule has 2 heterocycles. The van der Waals surface area contributed by atoms with E-state index in [0.717, 1.165) is 54.8 Å². The molecule has 7 rings (SSSR count). The number of hydrogen-bond donors (Lipinski definition) is 1. The minimum Gasteiger partial charge on any atom is -0.471 e. The molecule has 2 atom stereocenters. The van der Waals surface area contributed by atoms with Crippen LogP contribution in [0, 0.1) is 12.3 Å². The first-order chi connectivity index (χ1) is 17.2. The normalized spacial score (nSPS) is 21.6. The van der Waals surface area contributed by atoms with Crippen molar-refractivity contribution in [1.82, 2.24) is 0 Å². The van der Waals surface area contributed by atoms with E-state index in [-0.39, 0.29) is 0 Å². The van der Waals surface area contributed by atoms with Crippen LogP contribution in [0.25, 0.3) is 28.0 Å². The summed E-state index contributed by atoms with van der Waals surface area (Å²) >= 11 is 1.66. The van der Waals surface area contributed by atoms with E-state index < -0.39 is 11.2 Å². The number of benzene rings is 4. The van der Waals surface area contributed by atoms with Crippen LogP contribution in [0.4, 0.5) is 0 Å². The minimum atomic E-state index is -1.54. The minimum absolute atomic E-state index is 0.721. The molecule has 2 nitrogen and oxygen atoms in total. The molecule has 1 aliphatic heterocycles. The van der Waals surface area contributed by atoms with Gasteiger partial charge in [0.2, 0.25) is 0 Å². The number of ether oxygens (including phenoxy) is 1. The van der Waals surface area contributed by atoms with Gasteiger partial charge in [-0.3, -0.25) is 0 Å². The summed E-state index contributed by atoms with van der Waals surface area (Å²) in [6.45, 7) is 0. The zero-order valence-electron chi connectivity index (χ0n) is 18.7. The molecule has 3 heteroatoms. The van der Waals surface area contributed by atoms with Crippen LogP contribution in [0.3, 0.4) is 0 Å². The third-order valence-electron chi connectivity index (χ3n) is 7.20. The fourth-order valence-corrected chi connectivity index (χ4v) is 6.52. The molecule has 0 spiro atoms. The molecule has 2 unspecified atom stereocenters. The van der Waals surface area contributed by atoms with E-state index in [0.29, 0.717) is 0 Å². The molecule has 0 radical (unpaired) electrons. The predicted molar refractivity (Wildman–Crippen MR) is 142 cm³/mol. The summed E-state index contributed by atoms with van der Waals surface area (Å²) in [5.74, 6) is 3.45. The number of thiophene rings is 1. The molecule has 5 aromatic rings. The average Bonchev–Trinajstić information content (AvgIpc) is 3.56. The quantitative estimate of drug-likeness (QED) is 0.280. The molecule has 0 saturated carbocycles. The maximum atomic E-state index is 11.9. The second-order valence-electron chi connectivity index (χ2n) is 8.95. The van der Waals surface area contributed by atoms with Crippen molar-refractivity contribution in [2.24, 2.45) is 0 Å². The molecule has 166 valence electrons. The van der Waals surface area contributed by atoms with Crippen molar-refractivity contribution in [3.05, 3.63) is 130 Å². The topological polar surface area (TPSA) is 29.5 Å². The lowest BCUT2D eigenvalue weighted by Gasteiger charge is -2.37. The highest BCUT2D eigenvalue weighted by molar-refractivity contribution is 7.10. The van der Waals surface area contributed by atoms with Crippen LogP contribution in [-0.4, -0.2) is 5.11 Å². The van der Waals surface area contributed by atoms with E-state index in [1.165, 1.54) is 0 Å². The van der Waals surface area contributed by atoms with Gasteiger partial charge in [-0.15, -0.1) is 17.8 Å². The summed E-state index contributed by atoms with van der Waals surface area (Å²) < 4.78 is 7.07. The van der Waals surface area contributed by atoms with Crippen LogP contribution in [-0.2, 0) is 11.2 Å². The van der Waals surface area contributed by atoms with Gasteiger partial charge in [-0.25, -0.2) is 0 Å². The van der Waals surface area contributed by atoms with E-state index in [1.807, 2.05) is 60.7 Å². The number of aliphatic hydroxyl groups is 1. The third-order valence-corrected chi connectivity index (χ3v) is 8.19.